The van der Waals surface area contributed by atoms with Crippen molar-refractivity contribution < 1.29 is 23.7 Å². The van der Waals surface area contributed by atoms with Crippen molar-refractivity contribution in [3.8, 4) is 57.5 Å². The van der Waals surface area contributed by atoms with Crippen molar-refractivity contribution in [3.05, 3.63) is 144 Å². The van der Waals surface area contributed by atoms with E-state index in [1.165, 1.54) is 0 Å². The SMILES string of the molecule is Nc1cccc(Oc2cccc(Oc3cccc(Oc4cccc(Oc5cccc(Oc6cccc(N)c6)c5)c4Cl)c3Cl)c2)c1. The Bertz CT molecular complexity index is 1830. The highest BCUT2D eigenvalue weighted by molar-refractivity contribution is 6.34. The van der Waals surface area contributed by atoms with Crippen molar-refractivity contribution in [2.45, 2.75) is 0 Å². The average Bonchev–Trinajstić information content (AvgIpc) is 3.01. The minimum Gasteiger partial charge on any atom is -0.457 e. The van der Waals surface area contributed by atoms with Crippen LogP contribution in [0, 0.1) is 0 Å². The topological polar surface area (TPSA) is 98.2 Å². The number of ether oxygens (including phenoxy) is 5. The molecule has 45 heavy (non-hydrogen) atoms. The van der Waals surface area contributed by atoms with Crippen LogP contribution in [0.4, 0.5) is 11.4 Å². The summed E-state index contributed by atoms with van der Waals surface area (Å²) in [5.41, 5.74) is 12.9. The molecule has 6 aromatic carbocycles. The highest BCUT2D eigenvalue weighted by Gasteiger charge is 2.15. The molecule has 6 aromatic rings. The molecule has 0 aliphatic carbocycles. The molecule has 9 heteroatoms. The van der Waals surface area contributed by atoms with Crippen LogP contribution in [0.25, 0.3) is 0 Å². The number of anilines is 2. The lowest BCUT2D eigenvalue weighted by molar-refractivity contribution is 0.446. The second kappa shape index (κ2) is 13.4. The molecule has 0 unspecified atom stereocenters. The lowest BCUT2D eigenvalue weighted by atomic mass is 10.2. The molecule has 0 radical (unpaired) electrons. The summed E-state index contributed by atoms with van der Waals surface area (Å²) >= 11 is 13.4. The first-order chi connectivity index (χ1) is 21.9. The fourth-order valence-electron chi connectivity index (χ4n) is 4.30. The molecule has 0 aliphatic rings. The molecule has 0 aromatic heterocycles. The van der Waals surface area contributed by atoms with E-state index in [0.717, 1.165) is 0 Å². The number of nitrogen functional groups attached to an aromatic ring is 2. The maximum Gasteiger partial charge on any atom is 0.149 e. The molecule has 0 amide bonds. The number of halogens is 2. The smallest absolute Gasteiger partial charge is 0.149 e. The number of hydrogen-bond acceptors (Lipinski definition) is 7. The Hall–Kier alpha value is -5.50. The van der Waals surface area contributed by atoms with Crippen LogP contribution in [-0.2, 0) is 0 Å². The van der Waals surface area contributed by atoms with Crippen LogP contribution in [0.2, 0.25) is 10.0 Å². The van der Waals surface area contributed by atoms with Crippen LogP contribution >= 0.6 is 23.2 Å². The molecule has 0 saturated heterocycles. The van der Waals surface area contributed by atoms with Crippen LogP contribution in [0.3, 0.4) is 0 Å². The maximum atomic E-state index is 6.72. The number of hydrogen-bond donors (Lipinski definition) is 2. The Morgan fingerprint density at radius 2 is 0.622 bits per heavy atom. The number of nitrogens with two attached hydrogens (primary N) is 2. The second-order valence-corrected chi connectivity index (χ2v) is 10.5. The summed E-state index contributed by atoms with van der Waals surface area (Å²) in [5, 5.41) is 0.516. The van der Waals surface area contributed by atoms with Crippen LogP contribution in [-0.4, -0.2) is 0 Å². The van der Waals surface area contributed by atoms with E-state index in [-0.39, 0.29) is 10.0 Å². The highest BCUT2D eigenvalue weighted by Crippen LogP contribution is 2.43. The van der Waals surface area contributed by atoms with E-state index in [1.807, 2.05) is 48.5 Å². The monoisotopic (exact) mass is 636 g/mol. The quantitative estimate of drug-likeness (QED) is 0.144. The van der Waals surface area contributed by atoms with Crippen molar-refractivity contribution in [2.24, 2.45) is 0 Å². The predicted molar refractivity (Wildman–Crippen MR) is 178 cm³/mol. The first kappa shape index (κ1) is 29.6. The van der Waals surface area contributed by atoms with Crippen LogP contribution in [0.1, 0.15) is 0 Å². The third-order valence-electron chi connectivity index (χ3n) is 6.33. The van der Waals surface area contributed by atoms with Gasteiger partial charge in [-0.25, -0.2) is 0 Å². The molecule has 224 valence electrons. The van der Waals surface area contributed by atoms with Gasteiger partial charge < -0.3 is 35.2 Å². The number of benzene rings is 6. The Morgan fingerprint density at radius 1 is 0.333 bits per heavy atom. The van der Waals surface area contributed by atoms with Crippen molar-refractivity contribution in [1.82, 2.24) is 0 Å². The Balaban J connectivity index is 1.16. The summed E-state index contributed by atoms with van der Waals surface area (Å²) in [7, 11) is 0. The summed E-state index contributed by atoms with van der Waals surface area (Å²) < 4.78 is 30.1. The molecular weight excluding hydrogens is 611 g/mol. The molecule has 0 spiro atoms. The lowest BCUT2D eigenvalue weighted by Gasteiger charge is -2.15. The summed E-state index contributed by atoms with van der Waals surface area (Å²) in [6.45, 7) is 0. The summed E-state index contributed by atoms with van der Waals surface area (Å²) in [4.78, 5) is 0. The zero-order chi connectivity index (χ0) is 31.2. The van der Waals surface area contributed by atoms with Gasteiger partial charge in [-0.3, -0.25) is 0 Å². The van der Waals surface area contributed by atoms with Gasteiger partial charge in [0.2, 0.25) is 0 Å². The standard InChI is InChI=1S/C36H26Cl2N2O5/c37-35-31(43-29-13-3-11-27(21-29)41-25-9-1-7-23(39)19-25)15-5-17-33(35)45-34-18-6-16-32(36(34)38)44-30-14-4-12-28(22-30)42-26-10-2-8-24(40)20-26/h1-22H,39-40H2. The third-order valence-corrected chi connectivity index (χ3v) is 7.07. The lowest BCUT2D eigenvalue weighted by Crippen LogP contribution is -1.93. The van der Waals surface area contributed by atoms with E-state index in [9.17, 15) is 0 Å². The Kier molecular flexibility index (Phi) is 8.82. The molecule has 0 fully saturated rings. The zero-order valence-electron chi connectivity index (χ0n) is 23.7. The largest absolute Gasteiger partial charge is 0.457 e. The van der Waals surface area contributed by atoms with Crippen LogP contribution < -0.4 is 35.2 Å². The molecule has 0 heterocycles. The number of rotatable bonds is 10. The van der Waals surface area contributed by atoms with E-state index in [0.29, 0.717) is 68.9 Å². The molecule has 4 N–H and O–H groups in total. The van der Waals surface area contributed by atoms with Crippen molar-refractivity contribution >= 4 is 34.6 Å². The second-order valence-electron chi connectivity index (χ2n) is 9.74. The van der Waals surface area contributed by atoms with Gasteiger partial charge in [-0.05, 0) is 72.8 Å². The van der Waals surface area contributed by atoms with E-state index in [1.54, 1.807) is 84.9 Å². The van der Waals surface area contributed by atoms with Gasteiger partial charge in [-0.1, -0.05) is 59.6 Å². The van der Waals surface area contributed by atoms with Crippen molar-refractivity contribution in [1.29, 1.82) is 0 Å². The van der Waals surface area contributed by atoms with Crippen molar-refractivity contribution in [2.75, 3.05) is 11.5 Å². The van der Waals surface area contributed by atoms with Gasteiger partial charge in [0.05, 0.1) is 0 Å². The van der Waals surface area contributed by atoms with Gasteiger partial charge in [0.25, 0.3) is 0 Å². The van der Waals surface area contributed by atoms with E-state index in [2.05, 4.69) is 0 Å². The zero-order valence-corrected chi connectivity index (χ0v) is 25.2. The van der Waals surface area contributed by atoms with Crippen LogP contribution in [0.15, 0.2) is 133 Å². The molecular formula is C36H26Cl2N2O5. The molecule has 0 bridgehead atoms. The van der Waals surface area contributed by atoms with Gasteiger partial charge in [-0.2, -0.15) is 0 Å². The van der Waals surface area contributed by atoms with Gasteiger partial charge in [0, 0.05) is 35.6 Å². The fraction of sp³-hybridized carbons (Fsp3) is 0. The normalized spacial score (nSPS) is 10.6. The molecule has 7 nitrogen and oxygen atoms in total. The minimum absolute atomic E-state index is 0.258. The maximum absolute atomic E-state index is 6.72. The summed E-state index contributed by atoms with van der Waals surface area (Å²) in [6.07, 6.45) is 0. The first-order valence-electron chi connectivity index (χ1n) is 13.8. The Labute approximate surface area is 270 Å². The van der Waals surface area contributed by atoms with Crippen LogP contribution in [0.5, 0.6) is 57.5 Å². The van der Waals surface area contributed by atoms with Gasteiger partial charge in [0.15, 0.2) is 0 Å². The van der Waals surface area contributed by atoms with E-state index >= 15 is 0 Å². The van der Waals surface area contributed by atoms with E-state index < -0.39 is 0 Å². The van der Waals surface area contributed by atoms with Crippen molar-refractivity contribution in [3.63, 3.8) is 0 Å². The third kappa shape index (κ3) is 7.54. The molecule has 0 atom stereocenters. The van der Waals surface area contributed by atoms with E-state index in [4.69, 9.17) is 58.4 Å². The van der Waals surface area contributed by atoms with Gasteiger partial charge >= 0.3 is 0 Å². The highest BCUT2D eigenvalue weighted by atomic mass is 35.5. The van der Waals surface area contributed by atoms with Gasteiger partial charge in [-0.15, -0.1) is 0 Å². The molecule has 0 aliphatic heterocycles. The molecule has 0 saturated carbocycles. The molecule has 6 rings (SSSR count). The fourth-order valence-corrected chi connectivity index (χ4v) is 4.71. The minimum atomic E-state index is 0.258. The van der Waals surface area contributed by atoms with Gasteiger partial charge in [0.1, 0.15) is 67.5 Å². The Morgan fingerprint density at radius 3 is 1.00 bits per heavy atom. The predicted octanol–water partition coefficient (Wildman–Crippen LogP) is 11.1. The summed E-state index contributed by atoms with van der Waals surface area (Å²) in [5.74, 6) is 4.88. The first-order valence-corrected chi connectivity index (χ1v) is 14.5. The summed E-state index contributed by atoms with van der Waals surface area (Å²) in [6, 6.07) is 39.1. The average molecular weight is 638 g/mol.